The molecule has 0 spiro atoms. The summed E-state index contributed by atoms with van der Waals surface area (Å²) in [4.78, 5) is 24.3. The third kappa shape index (κ3) is 4.62. The highest BCUT2D eigenvalue weighted by Gasteiger charge is 2.22. The van der Waals surface area contributed by atoms with Crippen molar-refractivity contribution < 1.29 is 4.79 Å². The highest BCUT2D eigenvalue weighted by atomic mass is 16.1. The van der Waals surface area contributed by atoms with Crippen LogP contribution in [0.2, 0.25) is 0 Å². The van der Waals surface area contributed by atoms with Gasteiger partial charge in [-0.05, 0) is 68.5 Å². The van der Waals surface area contributed by atoms with Crippen LogP contribution in [0.3, 0.4) is 0 Å². The number of aromatic nitrogens is 2. The molecular weight excluding hydrogens is 414 g/mol. The Morgan fingerprint density at radius 2 is 2.00 bits per heavy atom. The molecule has 0 aliphatic carbocycles. The number of amides is 1. The maximum absolute atomic E-state index is 13.2. The quantitative estimate of drug-likeness (QED) is 0.487. The van der Waals surface area contributed by atoms with Gasteiger partial charge in [0.25, 0.3) is 5.91 Å². The lowest BCUT2D eigenvalue weighted by Crippen LogP contribution is -2.43. The summed E-state index contributed by atoms with van der Waals surface area (Å²) < 4.78 is 0. The molecule has 172 valence electrons. The number of fused-ring (bicyclic) bond motifs is 1. The first-order valence-corrected chi connectivity index (χ1v) is 11.8. The number of pyridine rings is 2. The van der Waals surface area contributed by atoms with Crippen molar-refractivity contribution in [2.24, 2.45) is 5.73 Å². The monoisotopic (exact) mass is 445 g/mol. The van der Waals surface area contributed by atoms with E-state index in [0.717, 1.165) is 68.5 Å². The van der Waals surface area contributed by atoms with E-state index in [9.17, 15) is 4.79 Å². The van der Waals surface area contributed by atoms with Crippen molar-refractivity contribution in [2.45, 2.75) is 37.6 Å². The largest absolute Gasteiger partial charge is 0.397 e. The third-order valence-electron chi connectivity index (χ3n) is 6.74. The predicted octanol–water partition coefficient (Wildman–Crippen LogP) is 2.86. The first-order chi connectivity index (χ1) is 16.1. The molecular formula is C25H31N7O. The van der Waals surface area contributed by atoms with Crippen molar-refractivity contribution in [3.05, 3.63) is 54.0 Å². The van der Waals surface area contributed by atoms with E-state index in [-0.39, 0.29) is 17.6 Å². The summed E-state index contributed by atoms with van der Waals surface area (Å²) in [6, 6.07) is 10.2. The van der Waals surface area contributed by atoms with Crippen LogP contribution in [-0.4, -0.2) is 48.1 Å². The number of anilines is 3. The number of nitrogens with two attached hydrogens (primary N) is 2. The van der Waals surface area contributed by atoms with Gasteiger partial charge in [0.05, 0.1) is 28.8 Å². The van der Waals surface area contributed by atoms with Crippen LogP contribution < -0.4 is 27.0 Å². The molecule has 1 amide bonds. The maximum Gasteiger partial charge on any atom is 0.276 e. The smallest absolute Gasteiger partial charge is 0.276 e. The molecule has 1 aromatic carbocycles. The average molecular weight is 446 g/mol. The first kappa shape index (κ1) is 21.6. The summed E-state index contributed by atoms with van der Waals surface area (Å²) >= 11 is 0. The molecule has 0 radical (unpaired) electrons. The Morgan fingerprint density at radius 1 is 1.15 bits per heavy atom. The van der Waals surface area contributed by atoms with Crippen LogP contribution in [0.15, 0.2) is 42.7 Å². The van der Waals surface area contributed by atoms with Crippen LogP contribution in [0.1, 0.15) is 47.7 Å². The minimum absolute atomic E-state index is 0.127. The first-order valence-electron chi connectivity index (χ1n) is 11.8. The Labute approximate surface area is 193 Å². The number of hydrogen-bond donors (Lipinski definition) is 4. The highest BCUT2D eigenvalue weighted by Crippen LogP contribution is 2.30. The van der Waals surface area contributed by atoms with E-state index in [1.807, 2.05) is 12.1 Å². The summed E-state index contributed by atoms with van der Waals surface area (Å²) in [5.74, 6) is 0.179. The number of carbonyl (C=O) groups is 1. The number of rotatable bonds is 4. The molecule has 8 nitrogen and oxygen atoms in total. The molecule has 2 aromatic heterocycles. The summed E-state index contributed by atoms with van der Waals surface area (Å²) in [7, 11) is 0. The van der Waals surface area contributed by atoms with E-state index in [4.69, 9.17) is 11.5 Å². The molecule has 2 aliphatic rings. The van der Waals surface area contributed by atoms with Gasteiger partial charge in [-0.25, -0.2) is 4.98 Å². The second kappa shape index (κ2) is 9.33. The van der Waals surface area contributed by atoms with Gasteiger partial charge in [0.1, 0.15) is 0 Å². The van der Waals surface area contributed by atoms with Gasteiger partial charge in [0, 0.05) is 30.7 Å². The zero-order chi connectivity index (χ0) is 22.8. The molecule has 2 fully saturated rings. The summed E-state index contributed by atoms with van der Waals surface area (Å²) in [6.45, 7) is 3.71. The fourth-order valence-electron chi connectivity index (χ4n) is 4.96. The second-order valence-electron chi connectivity index (χ2n) is 9.10. The van der Waals surface area contributed by atoms with Crippen molar-refractivity contribution in [3.8, 4) is 0 Å². The zero-order valence-corrected chi connectivity index (χ0v) is 18.8. The Morgan fingerprint density at radius 3 is 2.82 bits per heavy atom. The molecule has 4 heterocycles. The second-order valence-corrected chi connectivity index (χ2v) is 9.10. The van der Waals surface area contributed by atoms with Gasteiger partial charge in [0.15, 0.2) is 5.69 Å². The Bertz CT molecular complexity index is 1160. The number of benzene rings is 1. The summed E-state index contributed by atoms with van der Waals surface area (Å²) in [5, 5.41) is 7.33. The van der Waals surface area contributed by atoms with Crippen molar-refractivity contribution in [2.75, 3.05) is 42.1 Å². The SMILES string of the molecule is Nc1cc2ccc(C3CCNCC3)cc2nc1C(=O)Nc1cnccc1N1CCC[C@H](N)C1. The summed E-state index contributed by atoms with van der Waals surface area (Å²) in [6.07, 6.45) is 7.65. The van der Waals surface area contributed by atoms with Crippen molar-refractivity contribution in [3.63, 3.8) is 0 Å². The molecule has 0 bridgehead atoms. The molecule has 2 saturated heterocycles. The van der Waals surface area contributed by atoms with Crippen molar-refractivity contribution in [1.29, 1.82) is 0 Å². The van der Waals surface area contributed by atoms with E-state index in [2.05, 4.69) is 43.7 Å². The van der Waals surface area contributed by atoms with Gasteiger partial charge in [-0.2, -0.15) is 0 Å². The van der Waals surface area contributed by atoms with Gasteiger partial charge in [-0.15, -0.1) is 0 Å². The van der Waals surface area contributed by atoms with Crippen molar-refractivity contribution >= 4 is 33.9 Å². The fraction of sp³-hybridized carbons (Fsp3) is 0.400. The lowest BCUT2D eigenvalue weighted by Gasteiger charge is -2.33. The van der Waals surface area contributed by atoms with Crippen LogP contribution in [0.25, 0.3) is 10.9 Å². The van der Waals surface area contributed by atoms with E-state index in [1.165, 1.54) is 5.56 Å². The van der Waals surface area contributed by atoms with E-state index >= 15 is 0 Å². The highest BCUT2D eigenvalue weighted by molar-refractivity contribution is 6.09. The number of nitrogen functional groups attached to an aromatic ring is 1. The minimum Gasteiger partial charge on any atom is -0.397 e. The molecule has 5 rings (SSSR count). The molecule has 0 unspecified atom stereocenters. The number of carbonyl (C=O) groups excluding carboxylic acids is 1. The lowest BCUT2D eigenvalue weighted by molar-refractivity contribution is 0.102. The topological polar surface area (TPSA) is 122 Å². The number of nitrogens with one attached hydrogen (secondary N) is 2. The zero-order valence-electron chi connectivity index (χ0n) is 18.8. The van der Waals surface area contributed by atoms with Crippen LogP contribution >= 0.6 is 0 Å². The van der Waals surface area contributed by atoms with Gasteiger partial charge < -0.3 is 27.0 Å². The number of nitrogens with zero attached hydrogens (tertiary/aromatic N) is 3. The number of hydrogen-bond acceptors (Lipinski definition) is 7. The Hall–Kier alpha value is -3.23. The lowest BCUT2D eigenvalue weighted by atomic mass is 9.89. The molecule has 8 heteroatoms. The molecule has 3 aromatic rings. The molecule has 6 N–H and O–H groups in total. The Balaban J connectivity index is 1.42. The van der Waals surface area contributed by atoms with Gasteiger partial charge in [0.2, 0.25) is 0 Å². The van der Waals surface area contributed by atoms with E-state index < -0.39 is 0 Å². The summed E-state index contributed by atoms with van der Waals surface area (Å²) in [5.41, 5.74) is 16.6. The minimum atomic E-state index is -0.336. The van der Waals surface area contributed by atoms with Crippen LogP contribution in [-0.2, 0) is 0 Å². The predicted molar refractivity (Wildman–Crippen MR) is 133 cm³/mol. The average Bonchev–Trinajstić information content (AvgIpc) is 2.84. The van der Waals surface area contributed by atoms with E-state index in [0.29, 0.717) is 17.3 Å². The van der Waals surface area contributed by atoms with Gasteiger partial charge in [-0.3, -0.25) is 9.78 Å². The maximum atomic E-state index is 13.2. The van der Waals surface area contributed by atoms with Gasteiger partial charge >= 0.3 is 0 Å². The van der Waals surface area contributed by atoms with E-state index in [1.54, 1.807) is 12.4 Å². The third-order valence-corrected chi connectivity index (χ3v) is 6.74. The van der Waals surface area contributed by atoms with Crippen LogP contribution in [0.5, 0.6) is 0 Å². The fourth-order valence-corrected chi connectivity index (χ4v) is 4.96. The van der Waals surface area contributed by atoms with Gasteiger partial charge in [-0.1, -0.05) is 12.1 Å². The molecule has 0 saturated carbocycles. The molecule has 33 heavy (non-hydrogen) atoms. The van der Waals surface area contributed by atoms with Crippen LogP contribution in [0, 0.1) is 0 Å². The standard InChI is InChI=1S/C25H31N7O/c26-19-2-1-11-32(15-19)23-7-10-29-14-22(23)31-25(33)24-20(27)12-18-4-3-17(13-21(18)30-24)16-5-8-28-9-6-16/h3-4,7,10,12-14,16,19,28H,1-2,5-6,8-9,11,15,26-27H2,(H,31,33)/t19-/m0/s1. The molecule has 2 aliphatic heterocycles. The normalized spacial score (nSPS) is 19.5. The van der Waals surface area contributed by atoms with Crippen LogP contribution in [0.4, 0.5) is 17.1 Å². The molecule has 1 atom stereocenters. The van der Waals surface area contributed by atoms with Crippen molar-refractivity contribution in [1.82, 2.24) is 15.3 Å². The number of piperidine rings is 2. The Kier molecular flexibility index (Phi) is 6.11.